The average molecular weight is 602 g/mol. The summed E-state index contributed by atoms with van der Waals surface area (Å²) in [6.45, 7) is 4.98. The summed E-state index contributed by atoms with van der Waals surface area (Å²) in [6.07, 6.45) is 20.4. The zero-order valence-corrected chi connectivity index (χ0v) is 26.8. The first-order valence-corrected chi connectivity index (χ1v) is 16.6. The number of imidazole rings is 1. The van der Waals surface area contributed by atoms with E-state index >= 15 is 0 Å². The van der Waals surface area contributed by atoms with Crippen LogP contribution in [0.4, 0.5) is 5.69 Å². The van der Waals surface area contributed by atoms with Crippen LogP contribution in [0.2, 0.25) is 5.02 Å². The van der Waals surface area contributed by atoms with Crippen molar-refractivity contribution in [2.45, 2.75) is 104 Å². The Bertz CT molecular complexity index is 1420. The molecule has 5 nitrogen and oxygen atoms in total. The van der Waals surface area contributed by atoms with E-state index in [4.69, 9.17) is 16.3 Å². The number of carbonyl (C=O) groups is 1. The second-order valence-corrected chi connectivity index (χ2v) is 12.0. The topological polar surface area (TPSA) is 46.8 Å². The van der Waals surface area contributed by atoms with E-state index in [0.717, 1.165) is 34.6 Å². The van der Waals surface area contributed by atoms with Crippen molar-refractivity contribution in [3.05, 3.63) is 95.0 Å². The Hall–Kier alpha value is -3.31. The zero-order valence-electron chi connectivity index (χ0n) is 26.1. The van der Waals surface area contributed by atoms with Crippen LogP contribution in [0.1, 0.15) is 108 Å². The molecule has 0 radical (unpaired) electrons. The summed E-state index contributed by atoms with van der Waals surface area (Å²) in [7, 11) is 0. The quantitative estimate of drug-likeness (QED) is 0.100. The molecular formula is C37H48ClN3O2. The molecule has 2 aromatic carbocycles. The lowest BCUT2D eigenvalue weighted by molar-refractivity contribution is -0.116. The summed E-state index contributed by atoms with van der Waals surface area (Å²) < 4.78 is 8.09. The average Bonchev–Trinajstić information content (AvgIpc) is 3.41. The number of unbranched alkanes of at least 4 members (excludes halogenated alkanes) is 11. The molecule has 0 aliphatic rings. The Morgan fingerprint density at radius 3 is 2.26 bits per heavy atom. The molecule has 0 N–H and O–H groups in total. The first-order valence-electron chi connectivity index (χ1n) is 16.2. The third-order valence-electron chi connectivity index (χ3n) is 8.07. The van der Waals surface area contributed by atoms with Gasteiger partial charge in [0.15, 0.2) is 0 Å². The van der Waals surface area contributed by atoms with E-state index in [1.54, 1.807) is 11.8 Å². The van der Waals surface area contributed by atoms with Crippen LogP contribution >= 0.6 is 11.6 Å². The Labute approximate surface area is 263 Å². The molecule has 230 valence electrons. The molecule has 0 fully saturated rings. The molecule has 4 rings (SSSR count). The summed E-state index contributed by atoms with van der Waals surface area (Å²) in [5.41, 5.74) is 3.98. The van der Waals surface area contributed by atoms with Crippen LogP contribution in [0.15, 0.2) is 73.1 Å². The molecule has 0 bridgehead atoms. The standard InChI is InChI=1S/C37H48ClN3O2/c1-3-4-5-6-7-8-9-10-11-12-13-16-24-43-36-22-21-32(26-35(36)38)29-41(30(2)42)33-20-17-18-31(25-33)27-37-39-28-34-19-14-15-23-40(34)37/h14-15,17-23,25-26,28H,3-13,16,24,27,29H2,1-2H3. The van der Waals surface area contributed by atoms with E-state index in [1.807, 2.05) is 60.9 Å². The molecule has 0 atom stereocenters. The van der Waals surface area contributed by atoms with Gasteiger partial charge in [0.05, 0.1) is 29.9 Å². The number of aromatic nitrogens is 2. The van der Waals surface area contributed by atoms with Gasteiger partial charge in [-0.1, -0.05) is 113 Å². The number of anilines is 1. The van der Waals surface area contributed by atoms with Crippen molar-refractivity contribution in [2.24, 2.45) is 0 Å². The number of ether oxygens (including phenoxy) is 1. The van der Waals surface area contributed by atoms with Crippen molar-refractivity contribution >= 4 is 28.7 Å². The number of pyridine rings is 1. The SMILES string of the molecule is CCCCCCCCCCCCCCOc1ccc(CN(C(C)=O)c2cccc(Cc3ncc4ccccn34)c2)cc1Cl. The molecule has 0 aliphatic carbocycles. The maximum absolute atomic E-state index is 12.7. The fraction of sp³-hybridized carbons (Fsp3) is 0.459. The van der Waals surface area contributed by atoms with E-state index in [-0.39, 0.29) is 5.91 Å². The van der Waals surface area contributed by atoms with Crippen LogP contribution in [0.25, 0.3) is 5.52 Å². The minimum absolute atomic E-state index is 0.0215. The van der Waals surface area contributed by atoms with Gasteiger partial charge in [-0.25, -0.2) is 4.98 Å². The predicted molar refractivity (Wildman–Crippen MR) is 179 cm³/mol. The van der Waals surface area contributed by atoms with Crippen molar-refractivity contribution < 1.29 is 9.53 Å². The molecule has 1 amide bonds. The number of amides is 1. The van der Waals surface area contributed by atoms with Crippen molar-refractivity contribution in [2.75, 3.05) is 11.5 Å². The van der Waals surface area contributed by atoms with Gasteiger partial charge in [-0.2, -0.15) is 0 Å². The first kappa shape index (κ1) is 32.6. The van der Waals surface area contributed by atoms with Crippen LogP contribution in [0.5, 0.6) is 5.75 Å². The fourth-order valence-corrected chi connectivity index (χ4v) is 5.86. The van der Waals surface area contributed by atoms with Gasteiger partial charge in [0, 0.05) is 25.2 Å². The van der Waals surface area contributed by atoms with Gasteiger partial charge in [-0.3, -0.25) is 4.79 Å². The smallest absolute Gasteiger partial charge is 0.224 e. The molecule has 4 aromatic rings. The third-order valence-corrected chi connectivity index (χ3v) is 8.37. The van der Waals surface area contributed by atoms with Gasteiger partial charge < -0.3 is 14.0 Å². The molecule has 6 heteroatoms. The number of halogens is 1. The van der Waals surface area contributed by atoms with Crippen LogP contribution in [0.3, 0.4) is 0 Å². The highest BCUT2D eigenvalue weighted by Crippen LogP contribution is 2.28. The van der Waals surface area contributed by atoms with Gasteiger partial charge in [0.25, 0.3) is 0 Å². The summed E-state index contributed by atoms with van der Waals surface area (Å²) in [5, 5.41) is 0.583. The van der Waals surface area contributed by atoms with E-state index < -0.39 is 0 Å². The van der Waals surface area contributed by atoms with Crippen molar-refractivity contribution in [1.29, 1.82) is 0 Å². The van der Waals surface area contributed by atoms with Gasteiger partial charge in [0.1, 0.15) is 11.6 Å². The van der Waals surface area contributed by atoms with Gasteiger partial charge in [-0.15, -0.1) is 0 Å². The van der Waals surface area contributed by atoms with Crippen LogP contribution < -0.4 is 9.64 Å². The van der Waals surface area contributed by atoms with E-state index in [9.17, 15) is 4.79 Å². The summed E-state index contributed by atoms with van der Waals surface area (Å²) in [5.74, 6) is 1.65. The van der Waals surface area contributed by atoms with Gasteiger partial charge in [-0.05, 0) is 53.9 Å². The number of nitrogens with zero attached hydrogens (tertiary/aromatic N) is 3. The monoisotopic (exact) mass is 601 g/mol. The van der Waals surface area contributed by atoms with Crippen LogP contribution in [0, 0.1) is 0 Å². The first-order chi connectivity index (χ1) is 21.0. The molecule has 2 aromatic heterocycles. The Morgan fingerprint density at radius 1 is 0.837 bits per heavy atom. The lowest BCUT2D eigenvalue weighted by Crippen LogP contribution is -2.27. The minimum Gasteiger partial charge on any atom is -0.492 e. The molecule has 0 unspecified atom stereocenters. The highest BCUT2D eigenvalue weighted by molar-refractivity contribution is 6.32. The molecule has 0 aliphatic heterocycles. The van der Waals surface area contributed by atoms with Crippen molar-refractivity contribution in [3.8, 4) is 5.75 Å². The summed E-state index contributed by atoms with van der Waals surface area (Å²) in [4.78, 5) is 19.1. The Balaban J connectivity index is 1.22. The number of carbonyl (C=O) groups excluding carboxylic acids is 1. The number of fused-ring (bicyclic) bond motifs is 1. The van der Waals surface area contributed by atoms with E-state index in [2.05, 4.69) is 28.4 Å². The molecule has 2 heterocycles. The maximum atomic E-state index is 12.7. The number of benzene rings is 2. The molecule has 43 heavy (non-hydrogen) atoms. The van der Waals surface area contributed by atoms with Crippen molar-refractivity contribution in [1.82, 2.24) is 9.38 Å². The molecule has 0 saturated heterocycles. The lowest BCUT2D eigenvalue weighted by Gasteiger charge is -2.22. The number of rotatable bonds is 19. The van der Waals surface area contributed by atoms with E-state index in [0.29, 0.717) is 30.3 Å². The van der Waals surface area contributed by atoms with E-state index in [1.165, 1.54) is 70.6 Å². The third kappa shape index (κ3) is 10.4. The van der Waals surface area contributed by atoms with Crippen molar-refractivity contribution in [3.63, 3.8) is 0 Å². The second kappa shape index (κ2) is 17.7. The summed E-state index contributed by atoms with van der Waals surface area (Å²) in [6, 6.07) is 20.0. The van der Waals surface area contributed by atoms with Crippen LogP contribution in [-0.2, 0) is 17.8 Å². The Kier molecular flexibility index (Phi) is 13.4. The predicted octanol–water partition coefficient (Wildman–Crippen LogP) is 10.2. The number of hydrogen-bond donors (Lipinski definition) is 0. The zero-order chi connectivity index (χ0) is 30.3. The minimum atomic E-state index is -0.0215. The highest BCUT2D eigenvalue weighted by Gasteiger charge is 2.15. The second-order valence-electron chi connectivity index (χ2n) is 11.6. The maximum Gasteiger partial charge on any atom is 0.224 e. The number of hydrogen-bond acceptors (Lipinski definition) is 3. The fourth-order valence-electron chi connectivity index (χ4n) is 5.60. The lowest BCUT2D eigenvalue weighted by atomic mass is 10.1. The molecule has 0 spiro atoms. The summed E-state index contributed by atoms with van der Waals surface area (Å²) >= 11 is 6.60. The highest BCUT2D eigenvalue weighted by atomic mass is 35.5. The molecular weight excluding hydrogens is 554 g/mol. The van der Waals surface area contributed by atoms with Crippen LogP contribution in [-0.4, -0.2) is 21.9 Å². The van der Waals surface area contributed by atoms with Gasteiger partial charge >= 0.3 is 0 Å². The molecule has 0 saturated carbocycles. The normalized spacial score (nSPS) is 11.2. The Morgan fingerprint density at radius 2 is 1.56 bits per heavy atom. The largest absolute Gasteiger partial charge is 0.492 e. The van der Waals surface area contributed by atoms with Gasteiger partial charge in [0.2, 0.25) is 5.91 Å².